The molecule has 0 fully saturated rings. The number of carbonyl (C=O) groups is 1. The van der Waals surface area contributed by atoms with E-state index in [0.717, 1.165) is 0 Å². The van der Waals surface area contributed by atoms with E-state index in [2.05, 4.69) is 4.98 Å². The first kappa shape index (κ1) is 12.3. The number of esters is 1. The van der Waals surface area contributed by atoms with Crippen molar-refractivity contribution in [2.75, 3.05) is 0 Å². The van der Waals surface area contributed by atoms with Gasteiger partial charge < -0.3 is 4.74 Å². The summed E-state index contributed by atoms with van der Waals surface area (Å²) in [5.74, 6) is -0.503. The number of pyridine rings is 1. The molecule has 0 N–H and O–H groups in total. The summed E-state index contributed by atoms with van der Waals surface area (Å²) in [6, 6.07) is 2.98. The van der Waals surface area contributed by atoms with Gasteiger partial charge in [-0.15, -0.1) is 0 Å². The molecule has 15 heavy (non-hydrogen) atoms. The van der Waals surface area contributed by atoms with Crippen LogP contribution in [0.3, 0.4) is 0 Å². The van der Waals surface area contributed by atoms with Gasteiger partial charge in [-0.1, -0.05) is 23.2 Å². The van der Waals surface area contributed by atoms with Crippen molar-refractivity contribution in [2.24, 2.45) is 0 Å². The lowest BCUT2D eigenvalue weighted by Crippen LogP contribution is -2.24. The quantitative estimate of drug-likeness (QED) is 0.565. The Kier molecular flexibility index (Phi) is 3.58. The fraction of sp³-hybridized carbons (Fsp3) is 0.400. The number of halogens is 2. The van der Waals surface area contributed by atoms with Gasteiger partial charge >= 0.3 is 5.97 Å². The highest BCUT2D eigenvalue weighted by atomic mass is 35.5. The topological polar surface area (TPSA) is 39.2 Å². The smallest absolute Gasteiger partial charge is 0.341 e. The highest BCUT2D eigenvalue weighted by molar-refractivity contribution is 6.34. The third-order valence-electron chi connectivity index (χ3n) is 1.43. The second kappa shape index (κ2) is 4.37. The van der Waals surface area contributed by atoms with Crippen LogP contribution in [0.1, 0.15) is 31.1 Å². The Hall–Kier alpha value is -0.800. The highest BCUT2D eigenvalue weighted by Gasteiger charge is 2.20. The van der Waals surface area contributed by atoms with Crippen molar-refractivity contribution in [1.82, 2.24) is 4.98 Å². The fourth-order valence-electron chi connectivity index (χ4n) is 0.897. The SMILES string of the molecule is CC(C)(C)OC(=O)c1ccc(Cl)nc1Cl. The molecule has 1 aromatic heterocycles. The second-order valence-corrected chi connectivity index (χ2v) is 4.72. The number of hydrogen-bond acceptors (Lipinski definition) is 3. The van der Waals surface area contributed by atoms with Gasteiger partial charge in [0.2, 0.25) is 0 Å². The minimum atomic E-state index is -0.556. The lowest BCUT2D eigenvalue weighted by molar-refractivity contribution is 0.00694. The summed E-state index contributed by atoms with van der Waals surface area (Å²) in [4.78, 5) is 15.4. The molecular weight excluding hydrogens is 237 g/mol. The van der Waals surface area contributed by atoms with Crippen LogP contribution in [-0.2, 0) is 4.74 Å². The molecule has 1 aromatic rings. The highest BCUT2D eigenvalue weighted by Crippen LogP contribution is 2.19. The third kappa shape index (κ3) is 3.68. The summed E-state index contributed by atoms with van der Waals surface area (Å²) in [7, 11) is 0. The van der Waals surface area contributed by atoms with Crippen molar-refractivity contribution in [3.05, 3.63) is 28.0 Å². The van der Waals surface area contributed by atoms with Crippen LogP contribution >= 0.6 is 23.2 Å². The predicted molar refractivity (Wildman–Crippen MR) is 59.4 cm³/mol. The Bertz CT molecular complexity index is 385. The molecule has 5 heteroatoms. The first-order chi connectivity index (χ1) is 6.79. The van der Waals surface area contributed by atoms with E-state index in [0.29, 0.717) is 0 Å². The maximum absolute atomic E-state index is 11.6. The first-order valence-corrected chi connectivity index (χ1v) is 5.10. The standard InChI is InChI=1S/C10H11Cl2NO2/c1-10(2,3)15-9(14)6-4-5-7(11)13-8(6)12/h4-5H,1-3H3. The molecule has 0 radical (unpaired) electrons. The minimum Gasteiger partial charge on any atom is -0.456 e. The molecule has 0 bridgehead atoms. The summed E-state index contributed by atoms with van der Waals surface area (Å²) < 4.78 is 5.14. The van der Waals surface area contributed by atoms with Gasteiger partial charge in [0.05, 0.1) is 5.56 Å². The lowest BCUT2D eigenvalue weighted by Gasteiger charge is -2.19. The zero-order valence-corrected chi connectivity index (χ0v) is 10.2. The van der Waals surface area contributed by atoms with E-state index in [1.54, 1.807) is 20.8 Å². The molecule has 0 unspecified atom stereocenters. The van der Waals surface area contributed by atoms with Gasteiger partial charge in [-0.2, -0.15) is 0 Å². The molecule has 0 aromatic carbocycles. The van der Waals surface area contributed by atoms with E-state index >= 15 is 0 Å². The van der Waals surface area contributed by atoms with Crippen molar-refractivity contribution in [3.63, 3.8) is 0 Å². The number of aromatic nitrogens is 1. The first-order valence-electron chi connectivity index (χ1n) is 4.35. The van der Waals surface area contributed by atoms with E-state index in [-0.39, 0.29) is 15.9 Å². The molecule has 0 aliphatic rings. The van der Waals surface area contributed by atoms with Crippen LogP contribution in [0.4, 0.5) is 0 Å². The van der Waals surface area contributed by atoms with Crippen LogP contribution < -0.4 is 0 Å². The van der Waals surface area contributed by atoms with Crippen LogP contribution in [0.15, 0.2) is 12.1 Å². The molecule has 3 nitrogen and oxygen atoms in total. The van der Waals surface area contributed by atoms with E-state index in [9.17, 15) is 4.79 Å². The molecule has 0 aliphatic heterocycles. The summed E-state index contributed by atoms with van der Waals surface area (Å²) in [5, 5.41) is 0.295. The van der Waals surface area contributed by atoms with Crippen molar-refractivity contribution in [1.29, 1.82) is 0 Å². The van der Waals surface area contributed by atoms with E-state index in [4.69, 9.17) is 27.9 Å². The largest absolute Gasteiger partial charge is 0.456 e. The Morgan fingerprint density at radius 3 is 2.40 bits per heavy atom. The van der Waals surface area contributed by atoms with Crippen LogP contribution in [0.2, 0.25) is 10.3 Å². The van der Waals surface area contributed by atoms with Crippen molar-refractivity contribution in [3.8, 4) is 0 Å². The van der Waals surface area contributed by atoms with Crippen LogP contribution in [0, 0.1) is 0 Å². The molecule has 82 valence electrons. The Labute approximate surface area is 98.4 Å². The Balaban J connectivity index is 2.92. The number of carbonyl (C=O) groups excluding carboxylic acids is 1. The Morgan fingerprint density at radius 2 is 1.93 bits per heavy atom. The lowest BCUT2D eigenvalue weighted by atomic mass is 10.2. The van der Waals surface area contributed by atoms with Crippen molar-refractivity contribution >= 4 is 29.2 Å². The zero-order valence-electron chi connectivity index (χ0n) is 8.67. The van der Waals surface area contributed by atoms with Crippen molar-refractivity contribution in [2.45, 2.75) is 26.4 Å². The molecule has 0 spiro atoms. The van der Waals surface area contributed by atoms with Gasteiger partial charge in [0.15, 0.2) is 0 Å². The molecule has 0 aliphatic carbocycles. The van der Waals surface area contributed by atoms with Gasteiger partial charge in [-0.3, -0.25) is 0 Å². The summed E-state index contributed by atoms with van der Waals surface area (Å²) in [6.45, 7) is 5.34. The van der Waals surface area contributed by atoms with Crippen molar-refractivity contribution < 1.29 is 9.53 Å². The normalized spacial score (nSPS) is 11.3. The number of ether oxygens (including phenoxy) is 1. The van der Waals surface area contributed by atoms with Gasteiger partial charge in [0.25, 0.3) is 0 Å². The monoisotopic (exact) mass is 247 g/mol. The molecular formula is C10H11Cl2NO2. The average Bonchev–Trinajstić information content (AvgIpc) is 1.99. The molecule has 1 heterocycles. The van der Waals surface area contributed by atoms with Gasteiger partial charge in [-0.25, -0.2) is 9.78 Å². The summed E-state index contributed by atoms with van der Waals surface area (Å²) in [5.41, 5.74) is -0.337. The van der Waals surface area contributed by atoms with Crippen LogP contribution in [0.5, 0.6) is 0 Å². The molecule has 0 amide bonds. The molecule has 0 saturated heterocycles. The van der Waals surface area contributed by atoms with Gasteiger partial charge in [0.1, 0.15) is 15.9 Å². The molecule has 0 atom stereocenters. The predicted octanol–water partition coefficient (Wildman–Crippen LogP) is 3.34. The third-order valence-corrected chi connectivity index (χ3v) is 1.93. The minimum absolute atomic E-state index is 0.0525. The molecule has 0 saturated carbocycles. The van der Waals surface area contributed by atoms with E-state index < -0.39 is 11.6 Å². The van der Waals surface area contributed by atoms with Gasteiger partial charge in [0, 0.05) is 0 Å². The number of hydrogen-bond donors (Lipinski definition) is 0. The fourth-order valence-corrected chi connectivity index (χ4v) is 1.32. The van der Waals surface area contributed by atoms with Gasteiger partial charge in [-0.05, 0) is 32.9 Å². The zero-order chi connectivity index (χ0) is 11.6. The Morgan fingerprint density at radius 1 is 1.33 bits per heavy atom. The number of nitrogens with zero attached hydrogens (tertiary/aromatic N) is 1. The molecule has 1 rings (SSSR count). The number of rotatable bonds is 1. The summed E-state index contributed by atoms with van der Waals surface area (Å²) >= 11 is 11.4. The van der Waals surface area contributed by atoms with Crippen LogP contribution in [-0.4, -0.2) is 16.6 Å². The second-order valence-electron chi connectivity index (χ2n) is 3.97. The average molecular weight is 248 g/mol. The van der Waals surface area contributed by atoms with E-state index in [1.807, 2.05) is 0 Å². The maximum Gasteiger partial charge on any atom is 0.341 e. The van der Waals surface area contributed by atoms with E-state index in [1.165, 1.54) is 12.1 Å². The van der Waals surface area contributed by atoms with Crippen LogP contribution in [0.25, 0.3) is 0 Å². The maximum atomic E-state index is 11.6. The summed E-state index contributed by atoms with van der Waals surface area (Å²) in [6.07, 6.45) is 0.